The number of carbonyl (C=O) groups is 1. The van der Waals surface area contributed by atoms with Gasteiger partial charge in [-0.15, -0.1) is 12.4 Å². The van der Waals surface area contributed by atoms with Gasteiger partial charge in [0.15, 0.2) is 0 Å². The molecule has 3 N–H and O–H groups in total. The predicted octanol–water partition coefficient (Wildman–Crippen LogP) is 4.30. The van der Waals surface area contributed by atoms with Crippen LogP contribution in [-0.2, 0) is 11.3 Å². The Bertz CT molecular complexity index is 692. The Labute approximate surface area is 162 Å². The molecule has 0 aliphatic heterocycles. The van der Waals surface area contributed by atoms with Crippen LogP contribution in [0.4, 0.5) is 0 Å². The zero-order valence-electron chi connectivity index (χ0n) is 15.7. The number of hydrogen-bond acceptors (Lipinski definition) is 3. The molecule has 2 atom stereocenters. The number of carbonyl (C=O) groups excluding carboxylic acids is 1. The fraction of sp³-hybridized carbons (Fsp3) is 0.381. The Hall–Kier alpha value is -2.04. The molecule has 0 radical (unpaired) electrons. The summed E-state index contributed by atoms with van der Waals surface area (Å²) in [5.41, 5.74) is 9.20. The zero-order chi connectivity index (χ0) is 18.2. The summed E-state index contributed by atoms with van der Waals surface area (Å²) in [5, 5.41) is 2.95. The lowest BCUT2D eigenvalue weighted by molar-refractivity contribution is -0.121. The van der Waals surface area contributed by atoms with Crippen molar-refractivity contribution < 1.29 is 9.53 Å². The number of rotatable bonds is 8. The lowest BCUT2D eigenvalue weighted by Gasteiger charge is -2.18. The summed E-state index contributed by atoms with van der Waals surface area (Å²) in [6.07, 6.45) is 1.34. The summed E-state index contributed by atoms with van der Waals surface area (Å²) in [7, 11) is 0. The van der Waals surface area contributed by atoms with Gasteiger partial charge in [-0.05, 0) is 37.5 Å². The third-order valence-electron chi connectivity index (χ3n) is 4.23. The quantitative estimate of drug-likeness (QED) is 0.721. The van der Waals surface area contributed by atoms with Gasteiger partial charge in [0.2, 0.25) is 5.91 Å². The Kier molecular flexibility index (Phi) is 9.17. The summed E-state index contributed by atoms with van der Waals surface area (Å²) >= 11 is 0. The summed E-state index contributed by atoms with van der Waals surface area (Å²) in [4.78, 5) is 12.2. The fourth-order valence-corrected chi connectivity index (χ4v) is 2.50. The second-order valence-electron chi connectivity index (χ2n) is 6.45. The number of nitrogens with two attached hydrogens (primary N) is 1. The van der Waals surface area contributed by atoms with Crippen molar-refractivity contribution in [3.8, 4) is 5.75 Å². The average molecular weight is 377 g/mol. The number of hydrogen-bond donors (Lipinski definition) is 2. The van der Waals surface area contributed by atoms with Gasteiger partial charge in [-0.1, -0.05) is 49.4 Å². The minimum Gasteiger partial charge on any atom is -0.490 e. The molecule has 0 aromatic heterocycles. The number of benzene rings is 2. The summed E-state index contributed by atoms with van der Waals surface area (Å²) in [6.45, 7) is 6.60. The summed E-state index contributed by atoms with van der Waals surface area (Å²) in [5.74, 6) is 0.772. The molecule has 0 saturated heterocycles. The van der Waals surface area contributed by atoms with Crippen molar-refractivity contribution in [2.24, 2.45) is 5.73 Å². The van der Waals surface area contributed by atoms with E-state index in [1.165, 1.54) is 0 Å². The standard InChI is InChI=1S/C21H28N2O2.ClH/c1-4-16(3)25-20-12-15(2)10-11-18(20)14-23-21(24)13-19(22)17-8-6-5-7-9-17;/h5-12,16,19H,4,13-14,22H2,1-3H3,(H,23,24);1H. The van der Waals surface area contributed by atoms with Crippen molar-refractivity contribution in [1.82, 2.24) is 5.32 Å². The molecule has 4 nitrogen and oxygen atoms in total. The fourth-order valence-electron chi connectivity index (χ4n) is 2.50. The lowest BCUT2D eigenvalue weighted by atomic mass is 10.0. The Morgan fingerprint density at radius 1 is 1.19 bits per heavy atom. The Balaban J connectivity index is 0.00000338. The first-order valence-corrected chi connectivity index (χ1v) is 8.83. The van der Waals surface area contributed by atoms with E-state index in [-0.39, 0.29) is 36.9 Å². The third-order valence-corrected chi connectivity index (χ3v) is 4.23. The molecule has 0 heterocycles. The van der Waals surface area contributed by atoms with Gasteiger partial charge in [0, 0.05) is 24.6 Å². The maximum atomic E-state index is 12.2. The molecule has 0 aliphatic carbocycles. The molecule has 0 aliphatic rings. The highest BCUT2D eigenvalue weighted by Crippen LogP contribution is 2.22. The number of amides is 1. The zero-order valence-corrected chi connectivity index (χ0v) is 16.5. The van der Waals surface area contributed by atoms with Crippen LogP contribution in [0.15, 0.2) is 48.5 Å². The van der Waals surface area contributed by atoms with E-state index in [9.17, 15) is 4.79 Å². The van der Waals surface area contributed by atoms with Gasteiger partial charge in [0.05, 0.1) is 6.10 Å². The van der Waals surface area contributed by atoms with E-state index in [0.717, 1.165) is 28.9 Å². The van der Waals surface area contributed by atoms with Crippen molar-refractivity contribution >= 4 is 18.3 Å². The topological polar surface area (TPSA) is 64.3 Å². The van der Waals surface area contributed by atoms with Gasteiger partial charge in [-0.2, -0.15) is 0 Å². The maximum Gasteiger partial charge on any atom is 0.222 e. The van der Waals surface area contributed by atoms with E-state index in [2.05, 4.69) is 12.2 Å². The number of halogens is 1. The molecular weight excluding hydrogens is 348 g/mol. The Morgan fingerprint density at radius 3 is 2.54 bits per heavy atom. The van der Waals surface area contributed by atoms with E-state index in [1.54, 1.807) is 0 Å². The van der Waals surface area contributed by atoms with Crippen molar-refractivity contribution in [3.05, 3.63) is 65.2 Å². The van der Waals surface area contributed by atoms with Gasteiger partial charge >= 0.3 is 0 Å². The molecule has 0 saturated carbocycles. The van der Waals surface area contributed by atoms with Crippen molar-refractivity contribution in [2.45, 2.75) is 52.3 Å². The van der Waals surface area contributed by atoms with E-state index in [4.69, 9.17) is 10.5 Å². The second-order valence-corrected chi connectivity index (χ2v) is 6.45. The molecule has 142 valence electrons. The van der Waals surface area contributed by atoms with Crippen LogP contribution < -0.4 is 15.8 Å². The normalized spacial score (nSPS) is 12.6. The molecule has 0 bridgehead atoms. The van der Waals surface area contributed by atoms with Crippen molar-refractivity contribution in [1.29, 1.82) is 0 Å². The van der Waals surface area contributed by atoms with Gasteiger partial charge in [0.1, 0.15) is 5.75 Å². The van der Waals surface area contributed by atoms with Crippen LogP contribution in [0.5, 0.6) is 5.75 Å². The molecule has 0 fully saturated rings. The highest BCUT2D eigenvalue weighted by atomic mass is 35.5. The molecule has 0 spiro atoms. The first-order chi connectivity index (χ1) is 12.0. The monoisotopic (exact) mass is 376 g/mol. The van der Waals surface area contributed by atoms with Crippen LogP contribution in [0.1, 0.15) is 49.4 Å². The first kappa shape index (κ1) is 22.0. The summed E-state index contributed by atoms with van der Waals surface area (Å²) in [6, 6.07) is 15.4. The van der Waals surface area contributed by atoms with E-state index < -0.39 is 0 Å². The van der Waals surface area contributed by atoms with Crippen molar-refractivity contribution in [3.63, 3.8) is 0 Å². The van der Waals surface area contributed by atoms with Crippen LogP contribution >= 0.6 is 12.4 Å². The van der Waals surface area contributed by atoms with Gasteiger partial charge in [0.25, 0.3) is 0 Å². The minimum absolute atomic E-state index is 0. The van der Waals surface area contributed by atoms with Crippen LogP contribution in [0.25, 0.3) is 0 Å². The molecule has 5 heteroatoms. The lowest BCUT2D eigenvalue weighted by Crippen LogP contribution is -2.27. The SMILES string of the molecule is CCC(C)Oc1cc(C)ccc1CNC(=O)CC(N)c1ccccc1.Cl. The largest absolute Gasteiger partial charge is 0.490 e. The van der Waals surface area contributed by atoms with Crippen LogP contribution in [0.2, 0.25) is 0 Å². The molecule has 1 amide bonds. The van der Waals surface area contributed by atoms with Crippen LogP contribution in [-0.4, -0.2) is 12.0 Å². The number of ether oxygens (including phenoxy) is 1. The maximum absolute atomic E-state index is 12.2. The van der Waals surface area contributed by atoms with E-state index >= 15 is 0 Å². The molecule has 2 aromatic rings. The molecular formula is C21H29ClN2O2. The number of nitrogens with one attached hydrogen (secondary N) is 1. The summed E-state index contributed by atoms with van der Waals surface area (Å²) < 4.78 is 5.98. The highest BCUT2D eigenvalue weighted by molar-refractivity contribution is 5.85. The second kappa shape index (κ2) is 10.8. The van der Waals surface area contributed by atoms with E-state index in [1.807, 2.05) is 62.4 Å². The predicted molar refractivity (Wildman–Crippen MR) is 109 cm³/mol. The molecule has 2 aromatic carbocycles. The average Bonchev–Trinajstić information content (AvgIpc) is 2.61. The van der Waals surface area contributed by atoms with Gasteiger partial charge in [-0.25, -0.2) is 0 Å². The molecule has 2 unspecified atom stereocenters. The van der Waals surface area contributed by atoms with E-state index in [0.29, 0.717) is 6.54 Å². The van der Waals surface area contributed by atoms with Crippen LogP contribution in [0.3, 0.4) is 0 Å². The highest BCUT2D eigenvalue weighted by Gasteiger charge is 2.13. The van der Waals surface area contributed by atoms with Gasteiger partial charge < -0.3 is 15.8 Å². The smallest absolute Gasteiger partial charge is 0.222 e. The Morgan fingerprint density at radius 2 is 1.88 bits per heavy atom. The first-order valence-electron chi connectivity index (χ1n) is 8.83. The minimum atomic E-state index is -0.296. The molecule has 2 rings (SSSR count). The third kappa shape index (κ3) is 6.70. The van der Waals surface area contributed by atoms with Crippen molar-refractivity contribution in [2.75, 3.05) is 0 Å². The van der Waals surface area contributed by atoms with Gasteiger partial charge in [-0.3, -0.25) is 4.79 Å². The number of aryl methyl sites for hydroxylation is 1. The molecule has 26 heavy (non-hydrogen) atoms. The van der Waals surface area contributed by atoms with Crippen LogP contribution in [0, 0.1) is 6.92 Å².